The van der Waals surface area contributed by atoms with Crippen LogP contribution in [0.15, 0.2) is 40.9 Å². The molecule has 0 bridgehead atoms. The second-order valence-corrected chi connectivity index (χ2v) is 10.1. The van der Waals surface area contributed by atoms with E-state index < -0.39 is 23.4 Å². The molecule has 0 N–H and O–H groups in total. The number of nitriles is 1. The quantitative estimate of drug-likeness (QED) is 0.563. The maximum absolute atomic E-state index is 13.3. The fourth-order valence-electron chi connectivity index (χ4n) is 5.16. The number of nitrogens with zero attached hydrogens (tertiary/aromatic N) is 2. The number of amides is 1. The first kappa shape index (κ1) is 17.8. The maximum atomic E-state index is 13.3. The molecule has 4 rings (SSSR count). The predicted molar refractivity (Wildman–Crippen MR) is 116 cm³/mol. The van der Waals surface area contributed by atoms with Gasteiger partial charge in [0.05, 0.1) is 13.3 Å². The van der Waals surface area contributed by atoms with Crippen LogP contribution in [0.5, 0.6) is 5.75 Å². The van der Waals surface area contributed by atoms with Crippen LogP contribution in [-0.4, -0.2) is 23.0 Å². The summed E-state index contributed by atoms with van der Waals surface area (Å²) >= 11 is 9.55. The van der Waals surface area contributed by atoms with Crippen molar-refractivity contribution >= 4 is 33.4 Å². The Balaban J connectivity index is 1.68. The van der Waals surface area contributed by atoms with Gasteiger partial charge in [-0.05, 0) is 35.9 Å². The van der Waals surface area contributed by atoms with Crippen molar-refractivity contribution < 1.29 is 12.3 Å². The van der Waals surface area contributed by atoms with E-state index >= 15 is 0 Å². The summed E-state index contributed by atoms with van der Waals surface area (Å²) in [4.78, 5) is 14.7. The number of rotatable bonds is 3. The first-order chi connectivity index (χ1) is 14.3. The second kappa shape index (κ2) is 6.75. The standard InChI is InChI=1S/C23H22BrClN2O2/c1-22(2)20(27-12-14-9-15(24)6-8-17(14)19(27)28)23(3,4)21(22)29-16-7-5-13(11-26)18(25)10-16/h5-10,20-21H,12H2,1-4H3/i12D2. The van der Waals surface area contributed by atoms with Crippen LogP contribution < -0.4 is 4.74 Å². The van der Waals surface area contributed by atoms with Crippen molar-refractivity contribution in [2.45, 2.75) is 46.3 Å². The van der Waals surface area contributed by atoms with Crippen molar-refractivity contribution in [1.29, 1.82) is 5.26 Å². The highest BCUT2D eigenvalue weighted by Crippen LogP contribution is 2.59. The minimum atomic E-state index is -1.93. The molecule has 29 heavy (non-hydrogen) atoms. The Labute approximate surface area is 187 Å². The monoisotopic (exact) mass is 474 g/mol. The van der Waals surface area contributed by atoms with Crippen molar-refractivity contribution in [2.24, 2.45) is 10.8 Å². The van der Waals surface area contributed by atoms with Gasteiger partial charge in [0.1, 0.15) is 17.9 Å². The van der Waals surface area contributed by atoms with Crippen molar-refractivity contribution in [1.82, 2.24) is 4.90 Å². The summed E-state index contributed by atoms with van der Waals surface area (Å²) in [7, 11) is 0. The molecule has 0 aromatic heterocycles. The molecule has 0 unspecified atom stereocenters. The SMILES string of the molecule is [2H]C1([2H])c2cc(Br)ccc2C(=O)N1C1C(C)(C)C(Oc2ccc(C#N)c(Cl)c2)C1(C)C. The van der Waals surface area contributed by atoms with E-state index in [1.54, 1.807) is 36.4 Å². The van der Waals surface area contributed by atoms with Gasteiger partial charge in [0, 0.05) is 39.5 Å². The van der Waals surface area contributed by atoms with E-state index in [1.807, 2.05) is 33.8 Å². The Kier molecular flexibility index (Phi) is 4.14. The topological polar surface area (TPSA) is 53.3 Å². The average Bonchev–Trinajstić information content (AvgIpc) is 2.86. The van der Waals surface area contributed by atoms with E-state index in [0.29, 0.717) is 27.5 Å². The highest BCUT2D eigenvalue weighted by molar-refractivity contribution is 9.10. The zero-order valence-electron chi connectivity index (χ0n) is 18.6. The molecule has 2 aliphatic rings. The maximum Gasteiger partial charge on any atom is 0.254 e. The number of fused-ring (bicyclic) bond motifs is 1. The summed E-state index contributed by atoms with van der Waals surface area (Å²) in [6, 6.07) is 11.7. The largest absolute Gasteiger partial charge is 0.489 e. The third-order valence-corrected chi connectivity index (χ3v) is 6.81. The molecule has 1 aliphatic carbocycles. The molecule has 0 saturated heterocycles. The molecule has 1 aliphatic heterocycles. The highest BCUT2D eigenvalue weighted by Gasteiger charge is 2.66. The van der Waals surface area contributed by atoms with Gasteiger partial charge in [0.15, 0.2) is 0 Å². The van der Waals surface area contributed by atoms with Gasteiger partial charge in [-0.15, -0.1) is 0 Å². The molecule has 1 amide bonds. The summed E-state index contributed by atoms with van der Waals surface area (Å²) in [5, 5.41) is 9.40. The number of hydrogen-bond donors (Lipinski definition) is 0. The Morgan fingerprint density at radius 2 is 1.93 bits per heavy atom. The lowest BCUT2D eigenvalue weighted by molar-refractivity contribution is -0.199. The minimum Gasteiger partial charge on any atom is -0.489 e. The normalized spacial score (nSPS) is 26.7. The predicted octanol–water partition coefficient (Wildman–Crippen LogP) is 5.81. The molecule has 150 valence electrons. The molecule has 4 nitrogen and oxygen atoms in total. The lowest BCUT2D eigenvalue weighted by Crippen LogP contribution is -2.74. The molecule has 1 fully saturated rings. The van der Waals surface area contributed by atoms with E-state index in [0.717, 1.165) is 4.47 Å². The van der Waals surface area contributed by atoms with Crippen LogP contribution in [0, 0.1) is 22.2 Å². The summed E-state index contributed by atoms with van der Waals surface area (Å²) in [6.45, 7) is 6.02. The zero-order chi connectivity index (χ0) is 22.9. The molecule has 2 aromatic carbocycles. The number of halogens is 2. The lowest BCUT2D eigenvalue weighted by Gasteiger charge is -2.65. The number of ether oxygens (including phenoxy) is 1. The highest BCUT2D eigenvalue weighted by atomic mass is 79.9. The fraction of sp³-hybridized carbons (Fsp3) is 0.391. The Morgan fingerprint density at radius 1 is 1.24 bits per heavy atom. The number of carbonyl (C=O) groups is 1. The van der Waals surface area contributed by atoms with Crippen molar-refractivity contribution in [3.05, 3.63) is 62.6 Å². The molecule has 1 saturated carbocycles. The van der Waals surface area contributed by atoms with Crippen LogP contribution >= 0.6 is 27.5 Å². The van der Waals surface area contributed by atoms with Crippen molar-refractivity contribution in [3.63, 3.8) is 0 Å². The van der Waals surface area contributed by atoms with Gasteiger partial charge < -0.3 is 9.64 Å². The summed E-state index contributed by atoms with van der Waals surface area (Å²) in [5.41, 5.74) is 0.0711. The Bertz CT molecular complexity index is 1130. The second-order valence-electron chi connectivity index (χ2n) is 8.77. The molecule has 1 heterocycles. The van der Waals surface area contributed by atoms with E-state index in [9.17, 15) is 4.79 Å². The summed E-state index contributed by atoms with van der Waals surface area (Å²) in [6.07, 6.45) is -0.298. The Morgan fingerprint density at radius 3 is 2.55 bits per heavy atom. The minimum absolute atomic E-state index is 0.298. The summed E-state index contributed by atoms with van der Waals surface area (Å²) in [5.74, 6) is 0.232. The zero-order valence-corrected chi connectivity index (χ0v) is 18.9. The van der Waals surface area contributed by atoms with Crippen LogP contribution in [0.3, 0.4) is 0 Å². The third-order valence-electron chi connectivity index (χ3n) is 6.01. The van der Waals surface area contributed by atoms with Gasteiger partial charge in [-0.1, -0.05) is 55.2 Å². The van der Waals surface area contributed by atoms with Crippen LogP contribution in [0.4, 0.5) is 0 Å². The third kappa shape index (κ3) is 3.05. The molecule has 0 atom stereocenters. The van der Waals surface area contributed by atoms with E-state index in [2.05, 4.69) is 15.9 Å². The van der Waals surface area contributed by atoms with E-state index in [1.165, 1.54) is 4.90 Å². The lowest BCUT2D eigenvalue weighted by atomic mass is 9.49. The van der Waals surface area contributed by atoms with Gasteiger partial charge in [0.2, 0.25) is 0 Å². The number of hydrogen-bond acceptors (Lipinski definition) is 3. The van der Waals surface area contributed by atoms with E-state index in [4.69, 9.17) is 24.3 Å². The molecule has 6 heteroatoms. The first-order valence-electron chi connectivity index (χ1n) is 10.3. The van der Waals surface area contributed by atoms with Crippen molar-refractivity contribution in [3.8, 4) is 11.8 Å². The first-order valence-corrected chi connectivity index (χ1v) is 10.5. The van der Waals surface area contributed by atoms with Crippen LogP contribution in [0.1, 0.15) is 51.9 Å². The van der Waals surface area contributed by atoms with Crippen molar-refractivity contribution in [2.75, 3.05) is 0 Å². The fourth-order valence-corrected chi connectivity index (χ4v) is 5.73. The van der Waals surface area contributed by atoms with Crippen LogP contribution in [0.25, 0.3) is 0 Å². The average molecular weight is 476 g/mol. The summed E-state index contributed by atoms with van der Waals surface area (Å²) < 4.78 is 24.6. The Hall–Kier alpha value is -2.03. The van der Waals surface area contributed by atoms with Gasteiger partial charge in [-0.2, -0.15) is 5.26 Å². The molecule has 0 radical (unpaired) electrons. The molecule has 2 aromatic rings. The molecule has 0 spiro atoms. The van der Waals surface area contributed by atoms with Crippen LogP contribution in [-0.2, 0) is 6.50 Å². The smallest absolute Gasteiger partial charge is 0.254 e. The molecular formula is C23H22BrClN2O2. The van der Waals surface area contributed by atoms with Gasteiger partial charge in [-0.25, -0.2) is 0 Å². The number of benzene rings is 2. The van der Waals surface area contributed by atoms with Gasteiger partial charge >= 0.3 is 0 Å². The molecular weight excluding hydrogens is 452 g/mol. The van der Waals surface area contributed by atoms with Gasteiger partial charge in [0.25, 0.3) is 5.91 Å². The van der Waals surface area contributed by atoms with E-state index in [-0.39, 0.29) is 12.0 Å². The van der Waals surface area contributed by atoms with Crippen LogP contribution in [0.2, 0.25) is 5.02 Å². The number of carbonyl (C=O) groups excluding carboxylic acids is 1. The van der Waals surface area contributed by atoms with Gasteiger partial charge in [-0.3, -0.25) is 4.79 Å².